The lowest BCUT2D eigenvalue weighted by atomic mass is 10.3. The van der Waals surface area contributed by atoms with Gasteiger partial charge in [-0.25, -0.2) is 4.98 Å². The minimum absolute atomic E-state index is 0.201. The monoisotopic (exact) mass is 297 g/mol. The van der Waals surface area contributed by atoms with Crippen molar-refractivity contribution in [1.82, 2.24) is 15.6 Å². The van der Waals surface area contributed by atoms with Crippen LogP contribution in [0.5, 0.6) is 0 Å². The molecule has 1 fully saturated rings. The molecule has 1 amide bonds. The van der Waals surface area contributed by atoms with Crippen molar-refractivity contribution in [3.8, 4) is 0 Å². The van der Waals surface area contributed by atoms with Crippen LogP contribution in [0, 0.1) is 5.92 Å². The summed E-state index contributed by atoms with van der Waals surface area (Å²) in [5, 5.41) is 6.16. The Balaban J connectivity index is 1.58. The van der Waals surface area contributed by atoms with Crippen LogP contribution in [0.4, 0.5) is 0 Å². The molecule has 1 heterocycles. The van der Waals surface area contributed by atoms with E-state index < -0.39 is 0 Å². The van der Waals surface area contributed by atoms with Gasteiger partial charge in [-0.3, -0.25) is 4.79 Å². The van der Waals surface area contributed by atoms with Crippen molar-refractivity contribution in [2.24, 2.45) is 5.92 Å². The third-order valence-electron chi connectivity index (χ3n) is 2.63. The van der Waals surface area contributed by atoms with Crippen LogP contribution >= 0.6 is 15.9 Å². The van der Waals surface area contributed by atoms with Crippen LogP contribution in [0.2, 0.25) is 0 Å². The number of nitrogens with zero attached hydrogens (tertiary/aromatic N) is 1. The maximum atomic E-state index is 11.3. The van der Waals surface area contributed by atoms with E-state index in [2.05, 4.69) is 31.5 Å². The van der Waals surface area contributed by atoms with Crippen molar-refractivity contribution in [1.29, 1.82) is 0 Å². The first kappa shape index (κ1) is 12.5. The summed E-state index contributed by atoms with van der Waals surface area (Å²) in [6, 6.07) is 5.84. The molecule has 0 spiro atoms. The average molecular weight is 298 g/mol. The summed E-state index contributed by atoms with van der Waals surface area (Å²) >= 11 is 3.33. The van der Waals surface area contributed by atoms with Gasteiger partial charge in [-0.05, 0) is 40.9 Å². The fourth-order valence-corrected chi connectivity index (χ4v) is 1.91. The van der Waals surface area contributed by atoms with Gasteiger partial charge in [-0.1, -0.05) is 6.07 Å². The van der Waals surface area contributed by atoms with Crippen molar-refractivity contribution < 1.29 is 4.79 Å². The molecule has 0 bridgehead atoms. The van der Waals surface area contributed by atoms with Crippen LogP contribution in [0.3, 0.4) is 0 Å². The highest BCUT2D eigenvalue weighted by atomic mass is 79.9. The maximum Gasteiger partial charge on any atom is 0.223 e. The van der Waals surface area contributed by atoms with Gasteiger partial charge in [0.05, 0.1) is 5.69 Å². The molecule has 5 heteroatoms. The number of hydrogen-bond acceptors (Lipinski definition) is 3. The highest BCUT2D eigenvalue weighted by molar-refractivity contribution is 9.10. The number of aromatic nitrogens is 1. The second-order valence-electron chi connectivity index (χ2n) is 4.19. The van der Waals surface area contributed by atoms with E-state index in [0.717, 1.165) is 36.2 Å². The number of nitrogens with one attached hydrogen (secondary N) is 2. The normalized spacial score (nSPS) is 14.6. The van der Waals surface area contributed by atoms with Gasteiger partial charge in [0.25, 0.3) is 0 Å². The molecule has 2 N–H and O–H groups in total. The molecule has 1 saturated carbocycles. The Labute approximate surface area is 109 Å². The van der Waals surface area contributed by atoms with Crippen molar-refractivity contribution in [3.63, 3.8) is 0 Å². The second kappa shape index (κ2) is 6.12. The minimum atomic E-state index is 0.201. The molecule has 1 aromatic rings. The molecule has 0 unspecified atom stereocenters. The lowest BCUT2D eigenvalue weighted by Crippen LogP contribution is -2.32. The molecule has 0 radical (unpaired) electrons. The second-order valence-corrected chi connectivity index (χ2v) is 5.01. The molecule has 1 aromatic heterocycles. The molecule has 1 aliphatic carbocycles. The first-order valence-corrected chi connectivity index (χ1v) is 6.65. The molecule has 2 rings (SSSR count). The molecule has 0 saturated heterocycles. The number of amides is 1. The number of hydrogen-bond donors (Lipinski definition) is 2. The van der Waals surface area contributed by atoms with E-state index in [9.17, 15) is 4.79 Å². The third kappa shape index (κ3) is 4.44. The first-order chi connectivity index (χ1) is 8.25. The Hall–Kier alpha value is -0.940. The van der Waals surface area contributed by atoms with Gasteiger partial charge in [0.1, 0.15) is 4.60 Å². The average Bonchev–Trinajstić information content (AvgIpc) is 3.12. The summed E-state index contributed by atoms with van der Waals surface area (Å²) in [5.41, 5.74) is 0.993. The standard InChI is InChI=1S/C12H16BrN3O/c13-11-3-1-2-10(16-11)8-14-6-7-15-12(17)9-4-5-9/h1-3,9,14H,4-8H2,(H,15,17). The summed E-state index contributed by atoms with van der Waals surface area (Å²) in [5.74, 6) is 0.495. The van der Waals surface area contributed by atoms with E-state index in [1.54, 1.807) is 0 Å². The predicted molar refractivity (Wildman–Crippen MR) is 69.4 cm³/mol. The van der Waals surface area contributed by atoms with E-state index in [0.29, 0.717) is 12.5 Å². The quantitative estimate of drug-likeness (QED) is 0.617. The molecular weight excluding hydrogens is 282 g/mol. The lowest BCUT2D eigenvalue weighted by molar-refractivity contribution is -0.122. The molecular formula is C12H16BrN3O. The summed E-state index contributed by atoms with van der Waals surface area (Å²) in [6.07, 6.45) is 2.11. The molecule has 0 aromatic carbocycles. The van der Waals surface area contributed by atoms with Gasteiger partial charge >= 0.3 is 0 Å². The molecule has 4 nitrogen and oxygen atoms in total. The molecule has 0 atom stereocenters. The SMILES string of the molecule is O=C(NCCNCc1cccc(Br)n1)C1CC1. The Morgan fingerprint density at radius 2 is 2.24 bits per heavy atom. The molecule has 92 valence electrons. The molecule has 17 heavy (non-hydrogen) atoms. The first-order valence-electron chi connectivity index (χ1n) is 5.85. The van der Waals surface area contributed by atoms with Crippen LogP contribution in [-0.4, -0.2) is 24.0 Å². The number of rotatable bonds is 6. The largest absolute Gasteiger partial charge is 0.355 e. The van der Waals surface area contributed by atoms with Crippen LogP contribution in [0.1, 0.15) is 18.5 Å². The van der Waals surface area contributed by atoms with E-state index in [-0.39, 0.29) is 5.91 Å². The molecule has 0 aliphatic heterocycles. The van der Waals surface area contributed by atoms with Gasteiger partial charge < -0.3 is 10.6 Å². The molecule has 1 aliphatic rings. The van der Waals surface area contributed by atoms with E-state index in [1.807, 2.05) is 18.2 Å². The zero-order chi connectivity index (χ0) is 12.1. The van der Waals surface area contributed by atoms with Crippen LogP contribution < -0.4 is 10.6 Å². The number of carbonyl (C=O) groups is 1. The summed E-state index contributed by atoms with van der Waals surface area (Å²) in [6.45, 7) is 2.18. The Morgan fingerprint density at radius 3 is 2.94 bits per heavy atom. The number of pyridine rings is 1. The summed E-state index contributed by atoms with van der Waals surface area (Å²) in [4.78, 5) is 15.6. The summed E-state index contributed by atoms with van der Waals surface area (Å²) in [7, 11) is 0. The third-order valence-corrected chi connectivity index (χ3v) is 3.07. The highest BCUT2D eigenvalue weighted by Gasteiger charge is 2.28. The minimum Gasteiger partial charge on any atom is -0.355 e. The number of halogens is 1. The van der Waals surface area contributed by atoms with Crippen molar-refractivity contribution in [3.05, 3.63) is 28.5 Å². The summed E-state index contributed by atoms with van der Waals surface area (Å²) < 4.78 is 0.846. The zero-order valence-corrected chi connectivity index (χ0v) is 11.2. The Bertz CT molecular complexity index is 393. The van der Waals surface area contributed by atoms with Gasteiger partial charge in [-0.2, -0.15) is 0 Å². The van der Waals surface area contributed by atoms with Gasteiger partial charge in [0, 0.05) is 25.6 Å². The van der Waals surface area contributed by atoms with E-state index >= 15 is 0 Å². The van der Waals surface area contributed by atoms with E-state index in [4.69, 9.17) is 0 Å². The van der Waals surface area contributed by atoms with Crippen molar-refractivity contribution >= 4 is 21.8 Å². The fraction of sp³-hybridized carbons (Fsp3) is 0.500. The lowest BCUT2D eigenvalue weighted by Gasteiger charge is -2.06. The van der Waals surface area contributed by atoms with Gasteiger partial charge in [0.2, 0.25) is 5.91 Å². The van der Waals surface area contributed by atoms with Gasteiger partial charge in [0.15, 0.2) is 0 Å². The van der Waals surface area contributed by atoms with Crippen LogP contribution in [0.25, 0.3) is 0 Å². The van der Waals surface area contributed by atoms with Crippen LogP contribution in [-0.2, 0) is 11.3 Å². The van der Waals surface area contributed by atoms with Crippen molar-refractivity contribution in [2.45, 2.75) is 19.4 Å². The predicted octanol–water partition coefficient (Wildman–Crippen LogP) is 1.46. The fourth-order valence-electron chi connectivity index (χ4n) is 1.53. The van der Waals surface area contributed by atoms with Crippen LogP contribution in [0.15, 0.2) is 22.8 Å². The Kier molecular flexibility index (Phi) is 4.50. The highest BCUT2D eigenvalue weighted by Crippen LogP contribution is 2.28. The topological polar surface area (TPSA) is 54.0 Å². The number of carbonyl (C=O) groups excluding carboxylic acids is 1. The van der Waals surface area contributed by atoms with Crippen molar-refractivity contribution in [2.75, 3.05) is 13.1 Å². The maximum absolute atomic E-state index is 11.3. The zero-order valence-electron chi connectivity index (χ0n) is 9.58. The van der Waals surface area contributed by atoms with Gasteiger partial charge in [-0.15, -0.1) is 0 Å². The smallest absolute Gasteiger partial charge is 0.223 e. The Morgan fingerprint density at radius 1 is 1.41 bits per heavy atom. The van der Waals surface area contributed by atoms with E-state index in [1.165, 1.54) is 0 Å².